The topological polar surface area (TPSA) is 108 Å². The van der Waals surface area contributed by atoms with E-state index in [1.54, 1.807) is 6.92 Å². The van der Waals surface area contributed by atoms with E-state index in [0.29, 0.717) is 6.07 Å². The summed E-state index contributed by atoms with van der Waals surface area (Å²) < 4.78 is 36.0. The maximum atomic E-state index is 13.1. The molecule has 2 aromatic rings. The predicted octanol–water partition coefficient (Wildman–Crippen LogP) is 3.07. The number of nitrogens with zero attached hydrogens (tertiary/aromatic N) is 1. The van der Waals surface area contributed by atoms with Gasteiger partial charge in [0, 0.05) is 17.8 Å². The lowest BCUT2D eigenvalue weighted by Gasteiger charge is -2.08. The lowest BCUT2D eigenvalue weighted by Crippen LogP contribution is -2.21. The van der Waals surface area contributed by atoms with Crippen LogP contribution in [0.5, 0.6) is 5.75 Å². The van der Waals surface area contributed by atoms with E-state index in [9.17, 15) is 28.5 Å². The number of carbonyl (C=O) groups excluding carboxylic acids is 2. The van der Waals surface area contributed by atoms with Gasteiger partial charge in [-0.1, -0.05) is 0 Å². The van der Waals surface area contributed by atoms with E-state index in [-0.39, 0.29) is 23.6 Å². The fraction of sp³-hybridized carbons (Fsp3) is 0.176. The lowest BCUT2D eigenvalue weighted by atomic mass is 10.2. The van der Waals surface area contributed by atoms with Crippen LogP contribution in [0.2, 0.25) is 0 Å². The summed E-state index contributed by atoms with van der Waals surface area (Å²) in [7, 11) is 0. The van der Waals surface area contributed by atoms with Crippen LogP contribution in [0.15, 0.2) is 36.4 Å². The summed E-state index contributed by atoms with van der Waals surface area (Å²) in [6.45, 7) is 1.10. The highest BCUT2D eigenvalue weighted by Crippen LogP contribution is 2.28. The second-order valence-electron chi connectivity index (χ2n) is 5.16. The number of carbonyl (C=O) groups is 2. The van der Waals surface area contributed by atoms with E-state index in [1.807, 2.05) is 0 Å². The van der Waals surface area contributed by atoms with E-state index in [4.69, 9.17) is 9.47 Å². The SMILES string of the molecule is CCOc1ccc(C(=O)OCC(=O)Nc2cc(F)cc(F)c2)cc1[N+](=O)[O-]. The van der Waals surface area contributed by atoms with E-state index < -0.39 is 40.7 Å². The van der Waals surface area contributed by atoms with E-state index in [1.165, 1.54) is 12.1 Å². The fourth-order valence-electron chi connectivity index (χ4n) is 2.10. The average Bonchev–Trinajstić information content (AvgIpc) is 2.59. The zero-order chi connectivity index (χ0) is 20.0. The highest BCUT2D eigenvalue weighted by molar-refractivity contribution is 5.95. The van der Waals surface area contributed by atoms with Gasteiger partial charge in [0.05, 0.1) is 17.1 Å². The Morgan fingerprint density at radius 3 is 2.41 bits per heavy atom. The number of anilines is 1. The number of esters is 1. The first-order chi connectivity index (χ1) is 12.8. The van der Waals surface area contributed by atoms with Gasteiger partial charge in [0.1, 0.15) is 11.6 Å². The van der Waals surface area contributed by atoms with Crippen molar-refractivity contribution in [3.8, 4) is 5.75 Å². The van der Waals surface area contributed by atoms with Crippen molar-refractivity contribution in [2.75, 3.05) is 18.5 Å². The van der Waals surface area contributed by atoms with Gasteiger partial charge < -0.3 is 14.8 Å². The molecule has 0 heterocycles. The third-order valence-electron chi connectivity index (χ3n) is 3.17. The number of amides is 1. The molecule has 27 heavy (non-hydrogen) atoms. The van der Waals surface area contributed by atoms with Crippen LogP contribution < -0.4 is 10.1 Å². The number of halogens is 2. The molecule has 10 heteroatoms. The van der Waals surface area contributed by atoms with Crippen molar-refractivity contribution in [2.45, 2.75) is 6.92 Å². The van der Waals surface area contributed by atoms with E-state index in [0.717, 1.165) is 18.2 Å². The van der Waals surface area contributed by atoms with Crippen molar-refractivity contribution in [2.24, 2.45) is 0 Å². The molecule has 1 amide bonds. The lowest BCUT2D eigenvalue weighted by molar-refractivity contribution is -0.385. The Bertz CT molecular complexity index is 867. The Kier molecular flexibility index (Phi) is 6.36. The van der Waals surface area contributed by atoms with Gasteiger partial charge in [0.25, 0.3) is 5.91 Å². The predicted molar refractivity (Wildman–Crippen MR) is 89.5 cm³/mol. The van der Waals surface area contributed by atoms with Crippen LogP contribution in [-0.4, -0.2) is 30.0 Å². The summed E-state index contributed by atoms with van der Waals surface area (Å²) >= 11 is 0. The maximum absolute atomic E-state index is 13.1. The first kappa shape index (κ1) is 19.8. The Labute approximate surface area is 151 Å². The third-order valence-corrected chi connectivity index (χ3v) is 3.17. The van der Waals surface area contributed by atoms with Crippen molar-refractivity contribution in [3.63, 3.8) is 0 Å². The second kappa shape index (κ2) is 8.70. The summed E-state index contributed by atoms with van der Waals surface area (Å²) in [5.74, 6) is -3.60. The number of ether oxygens (including phenoxy) is 2. The molecule has 0 aliphatic heterocycles. The zero-order valence-corrected chi connectivity index (χ0v) is 14.0. The Hall–Kier alpha value is -3.56. The first-order valence-corrected chi connectivity index (χ1v) is 7.64. The molecule has 0 aliphatic carbocycles. The van der Waals surface area contributed by atoms with Gasteiger partial charge in [0.15, 0.2) is 12.4 Å². The largest absolute Gasteiger partial charge is 0.487 e. The maximum Gasteiger partial charge on any atom is 0.338 e. The minimum Gasteiger partial charge on any atom is -0.487 e. The number of rotatable bonds is 7. The van der Waals surface area contributed by atoms with E-state index >= 15 is 0 Å². The molecule has 2 aromatic carbocycles. The molecule has 142 valence electrons. The van der Waals surface area contributed by atoms with Gasteiger partial charge in [0.2, 0.25) is 0 Å². The molecule has 2 rings (SSSR count). The fourth-order valence-corrected chi connectivity index (χ4v) is 2.10. The highest BCUT2D eigenvalue weighted by atomic mass is 19.1. The summed E-state index contributed by atoms with van der Waals surface area (Å²) in [4.78, 5) is 34.0. The smallest absolute Gasteiger partial charge is 0.338 e. The number of nitro benzene ring substituents is 1. The summed E-state index contributed by atoms with van der Waals surface area (Å²) in [5, 5.41) is 13.2. The molecule has 0 spiro atoms. The van der Waals surface area contributed by atoms with Crippen molar-refractivity contribution < 1.29 is 32.8 Å². The molecule has 0 fully saturated rings. The standard InChI is InChI=1S/C17H14F2N2O6/c1-2-26-15-4-3-10(5-14(15)21(24)25)17(23)27-9-16(22)20-13-7-11(18)6-12(19)8-13/h3-8H,2,9H2,1H3,(H,20,22). The van der Waals surface area contributed by atoms with Crippen LogP contribution >= 0.6 is 0 Å². The molecule has 0 aliphatic rings. The first-order valence-electron chi connectivity index (χ1n) is 7.64. The molecule has 0 saturated carbocycles. The molecule has 0 aromatic heterocycles. The molecule has 1 N–H and O–H groups in total. The number of hydrogen-bond donors (Lipinski definition) is 1. The average molecular weight is 380 g/mol. The van der Waals surface area contributed by atoms with Crippen LogP contribution in [0.1, 0.15) is 17.3 Å². The van der Waals surface area contributed by atoms with Gasteiger partial charge >= 0.3 is 11.7 Å². The molecular formula is C17H14F2N2O6. The number of nitrogens with one attached hydrogen (secondary N) is 1. The number of hydrogen-bond acceptors (Lipinski definition) is 6. The van der Waals surface area contributed by atoms with Crippen molar-refractivity contribution in [1.29, 1.82) is 0 Å². The Morgan fingerprint density at radius 1 is 1.15 bits per heavy atom. The normalized spacial score (nSPS) is 10.2. The summed E-state index contributed by atoms with van der Waals surface area (Å²) in [5.41, 5.74) is -0.731. The number of benzene rings is 2. The molecule has 8 nitrogen and oxygen atoms in total. The minimum absolute atomic E-state index is 0.00933. The van der Waals surface area contributed by atoms with Gasteiger partial charge in [-0.15, -0.1) is 0 Å². The van der Waals surface area contributed by atoms with Gasteiger partial charge in [-0.2, -0.15) is 0 Å². The molecular weight excluding hydrogens is 366 g/mol. The molecule has 0 bridgehead atoms. The second-order valence-corrected chi connectivity index (χ2v) is 5.16. The van der Waals surface area contributed by atoms with Crippen LogP contribution in [0, 0.1) is 21.7 Å². The quantitative estimate of drug-likeness (QED) is 0.449. The van der Waals surface area contributed by atoms with Crippen LogP contribution in [0.25, 0.3) is 0 Å². The number of nitro groups is 1. The third kappa shape index (κ3) is 5.46. The van der Waals surface area contributed by atoms with Gasteiger partial charge in [-0.3, -0.25) is 14.9 Å². The van der Waals surface area contributed by atoms with Crippen LogP contribution in [-0.2, 0) is 9.53 Å². The Balaban J connectivity index is 2.01. The van der Waals surface area contributed by atoms with Crippen molar-refractivity contribution in [1.82, 2.24) is 0 Å². The summed E-state index contributed by atoms with van der Waals surface area (Å²) in [6.07, 6.45) is 0. The van der Waals surface area contributed by atoms with Crippen LogP contribution in [0.3, 0.4) is 0 Å². The monoisotopic (exact) mass is 380 g/mol. The minimum atomic E-state index is -0.985. The highest BCUT2D eigenvalue weighted by Gasteiger charge is 2.20. The van der Waals surface area contributed by atoms with Crippen molar-refractivity contribution in [3.05, 3.63) is 63.7 Å². The van der Waals surface area contributed by atoms with Gasteiger partial charge in [-0.05, 0) is 31.2 Å². The Morgan fingerprint density at radius 2 is 1.81 bits per heavy atom. The van der Waals surface area contributed by atoms with Crippen molar-refractivity contribution >= 4 is 23.3 Å². The molecule has 0 unspecified atom stereocenters. The zero-order valence-electron chi connectivity index (χ0n) is 14.0. The van der Waals surface area contributed by atoms with E-state index in [2.05, 4.69) is 5.32 Å². The van der Waals surface area contributed by atoms with Gasteiger partial charge in [-0.25, -0.2) is 13.6 Å². The van der Waals surface area contributed by atoms with Crippen LogP contribution in [0.4, 0.5) is 20.2 Å². The summed E-state index contributed by atoms with van der Waals surface area (Å²) in [6, 6.07) is 5.87. The molecule has 0 atom stereocenters. The molecule has 0 saturated heterocycles. The molecule has 0 radical (unpaired) electrons.